The van der Waals surface area contributed by atoms with Gasteiger partial charge in [-0.2, -0.15) is 0 Å². The quantitative estimate of drug-likeness (QED) is 0.745. The van der Waals surface area contributed by atoms with Gasteiger partial charge in [0.2, 0.25) is 15.9 Å². The van der Waals surface area contributed by atoms with Gasteiger partial charge in [0, 0.05) is 30.2 Å². The van der Waals surface area contributed by atoms with E-state index < -0.39 is 10.0 Å². The van der Waals surface area contributed by atoms with E-state index in [0.29, 0.717) is 18.0 Å². The van der Waals surface area contributed by atoms with Crippen molar-refractivity contribution in [3.8, 4) is 0 Å². The fourth-order valence-electron chi connectivity index (χ4n) is 2.50. The minimum atomic E-state index is -3.39. The first-order chi connectivity index (χ1) is 12.3. The number of amides is 1. The van der Waals surface area contributed by atoms with Crippen molar-refractivity contribution < 1.29 is 13.2 Å². The fraction of sp³-hybridized carbons (Fsp3) is 0.316. The van der Waals surface area contributed by atoms with Gasteiger partial charge in [-0.05, 0) is 42.7 Å². The molecule has 0 radical (unpaired) electrons. The predicted molar refractivity (Wildman–Crippen MR) is 106 cm³/mol. The van der Waals surface area contributed by atoms with Crippen molar-refractivity contribution in [1.82, 2.24) is 4.31 Å². The van der Waals surface area contributed by atoms with Crippen LogP contribution in [0, 0.1) is 6.92 Å². The van der Waals surface area contributed by atoms with Crippen molar-refractivity contribution in [2.24, 2.45) is 0 Å². The van der Waals surface area contributed by atoms with Crippen molar-refractivity contribution in [3.63, 3.8) is 0 Å². The molecule has 1 N–H and O–H groups in total. The summed E-state index contributed by atoms with van der Waals surface area (Å²) >= 11 is 5.86. The van der Waals surface area contributed by atoms with Gasteiger partial charge in [-0.15, -0.1) is 0 Å². The van der Waals surface area contributed by atoms with Gasteiger partial charge in [0.25, 0.3) is 0 Å². The SMILES string of the molecule is Cc1ccccc1NC(=O)CCN(CCc1ccc(Cl)cc1)S(C)(=O)=O. The van der Waals surface area contributed by atoms with E-state index in [1.807, 2.05) is 43.3 Å². The fourth-order valence-corrected chi connectivity index (χ4v) is 3.47. The summed E-state index contributed by atoms with van der Waals surface area (Å²) in [5.74, 6) is -0.209. The second-order valence-electron chi connectivity index (χ2n) is 6.15. The third-order valence-electron chi connectivity index (χ3n) is 4.04. The predicted octanol–water partition coefficient (Wildman–Crippen LogP) is 3.48. The Bertz CT molecular complexity index is 851. The summed E-state index contributed by atoms with van der Waals surface area (Å²) in [6.07, 6.45) is 1.82. The molecule has 0 heterocycles. The number of benzene rings is 2. The largest absolute Gasteiger partial charge is 0.326 e. The Morgan fingerprint density at radius 2 is 1.73 bits per heavy atom. The Balaban J connectivity index is 1.92. The molecule has 0 aliphatic carbocycles. The number of halogens is 1. The van der Waals surface area contributed by atoms with Gasteiger partial charge in [0.1, 0.15) is 0 Å². The molecule has 0 aliphatic rings. The third kappa shape index (κ3) is 6.44. The molecule has 2 aromatic carbocycles. The first-order valence-electron chi connectivity index (χ1n) is 8.31. The second-order valence-corrected chi connectivity index (χ2v) is 8.57. The number of carbonyl (C=O) groups is 1. The van der Waals surface area contributed by atoms with Gasteiger partial charge >= 0.3 is 0 Å². The van der Waals surface area contributed by atoms with E-state index in [2.05, 4.69) is 5.32 Å². The highest BCUT2D eigenvalue weighted by molar-refractivity contribution is 7.88. The molecule has 0 atom stereocenters. The highest BCUT2D eigenvalue weighted by Crippen LogP contribution is 2.14. The molecule has 2 aromatic rings. The Labute approximate surface area is 160 Å². The molecule has 0 bridgehead atoms. The highest BCUT2D eigenvalue weighted by Gasteiger charge is 2.18. The molecule has 5 nitrogen and oxygen atoms in total. The summed E-state index contributed by atoms with van der Waals surface area (Å²) in [6, 6.07) is 14.8. The van der Waals surface area contributed by atoms with Crippen LogP contribution in [0.25, 0.3) is 0 Å². The molecule has 0 saturated carbocycles. The van der Waals surface area contributed by atoms with Gasteiger partial charge in [0.15, 0.2) is 0 Å². The second kappa shape index (κ2) is 9.16. The maximum atomic E-state index is 12.2. The number of nitrogens with one attached hydrogen (secondary N) is 1. The monoisotopic (exact) mass is 394 g/mol. The summed E-state index contributed by atoms with van der Waals surface area (Å²) < 4.78 is 25.3. The van der Waals surface area contributed by atoms with Crippen molar-refractivity contribution in [2.45, 2.75) is 19.8 Å². The van der Waals surface area contributed by atoms with Gasteiger partial charge in [0.05, 0.1) is 6.26 Å². The number of carbonyl (C=O) groups excluding carboxylic acids is 1. The van der Waals surface area contributed by atoms with Crippen molar-refractivity contribution in [1.29, 1.82) is 0 Å². The average Bonchev–Trinajstić information content (AvgIpc) is 2.57. The number of hydrogen-bond acceptors (Lipinski definition) is 3. The van der Waals surface area contributed by atoms with Gasteiger partial charge < -0.3 is 5.32 Å². The number of anilines is 1. The minimum absolute atomic E-state index is 0.0992. The molecule has 1 amide bonds. The molecule has 7 heteroatoms. The lowest BCUT2D eigenvalue weighted by Gasteiger charge is -2.20. The van der Waals surface area contributed by atoms with E-state index in [9.17, 15) is 13.2 Å². The zero-order valence-corrected chi connectivity index (χ0v) is 16.5. The number of sulfonamides is 1. The zero-order chi connectivity index (χ0) is 19.2. The summed E-state index contributed by atoms with van der Waals surface area (Å²) in [6.45, 7) is 2.37. The first-order valence-corrected chi connectivity index (χ1v) is 10.5. The van der Waals surface area contributed by atoms with E-state index in [1.54, 1.807) is 12.1 Å². The lowest BCUT2D eigenvalue weighted by molar-refractivity contribution is -0.116. The molecule has 0 aliphatic heterocycles. The Hall–Kier alpha value is -1.89. The highest BCUT2D eigenvalue weighted by atomic mass is 35.5. The topological polar surface area (TPSA) is 66.5 Å². The Kier molecular flexibility index (Phi) is 7.20. The van der Waals surface area contributed by atoms with Crippen molar-refractivity contribution >= 4 is 33.2 Å². The Morgan fingerprint density at radius 3 is 2.35 bits per heavy atom. The molecule has 26 heavy (non-hydrogen) atoms. The van der Waals surface area contributed by atoms with Gasteiger partial charge in [-0.1, -0.05) is 41.9 Å². The average molecular weight is 395 g/mol. The van der Waals surface area contributed by atoms with Crippen LogP contribution in [0.4, 0.5) is 5.69 Å². The van der Waals surface area contributed by atoms with Crippen molar-refractivity contribution in [3.05, 3.63) is 64.7 Å². The molecule has 0 spiro atoms. The van der Waals surface area contributed by atoms with E-state index in [4.69, 9.17) is 11.6 Å². The molecular weight excluding hydrogens is 372 g/mol. The summed E-state index contributed by atoms with van der Waals surface area (Å²) in [5.41, 5.74) is 2.69. The van der Waals surface area contributed by atoms with Crippen LogP contribution < -0.4 is 5.32 Å². The lowest BCUT2D eigenvalue weighted by atomic mass is 10.1. The Morgan fingerprint density at radius 1 is 1.08 bits per heavy atom. The van der Waals surface area contributed by atoms with Crippen LogP contribution in [-0.4, -0.2) is 38.0 Å². The van der Waals surface area contributed by atoms with E-state index >= 15 is 0 Å². The summed E-state index contributed by atoms with van der Waals surface area (Å²) in [4.78, 5) is 12.2. The van der Waals surface area contributed by atoms with E-state index in [-0.39, 0.29) is 18.9 Å². The van der Waals surface area contributed by atoms with E-state index in [1.165, 1.54) is 4.31 Å². The van der Waals surface area contributed by atoms with Crippen LogP contribution in [0.1, 0.15) is 17.5 Å². The van der Waals surface area contributed by atoms with Crippen LogP contribution in [0.5, 0.6) is 0 Å². The number of rotatable bonds is 8. The van der Waals surface area contributed by atoms with Crippen LogP contribution >= 0.6 is 11.6 Å². The normalized spacial score (nSPS) is 11.5. The molecule has 0 saturated heterocycles. The molecule has 0 unspecified atom stereocenters. The van der Waals surface area contributed by atoms with Crippen LogP contribution in [0.2, 0.25) is 5.02 Å². The van der Waals surface area contributed by atoms with Crippen LogP contribution in [0.15, 0.2) is 48.5 Å². The third-order valence-corrected chi connectivity index (χ3v) is 5.59. The maximum absolute atomic E-state index is 12.2. The van der Waals surface area contributed by atoms with E-state index in [0.717, 1.165) is 23.1 Å². The van der Waals surface area contributed by atoms with Gasteiger partial charge in [-0.25, -0.2) is 12.7 Å². The lowest BCUT2D eigenvalue weighted by Crippen LogP contribution is -2.34. The molecular formula is C19H23ClN2O3S. The van der Waals surface area contributed by atoms with Crippen molar-refractivity contribution in [2.75, 3.05) is 24.7 Å². The summed E-state index contributed by atoms with van der Waals surface area (Å²) in [7, 11) is -3.39. The minimum Gasteiger partial charge on any atom is -0.326 e. The molecule has 140 valence electrons. The van der Waals surface area contributed by atoms with Crippen LogP contribution in [0.3, 0.4) is 0 Å². The number of hydrogen-bond donors (Lipinski definition) is 1. The molecule has 0 fully saturated rings. The maximum Gasteiger partial charge on any atom is 0.225 e. The number of nitrogens with zero attached hydrogens (tertiary/aromatic N) is 1. The zero-order valence-electron chi connectivity index (χ0n) is 14.9. The first kappa shape index (κ1) is 20.4. The molecule has 0 aromatic heterocycles. The summed E-state index contributed by atoms with van der Waals surface area (Å²) in [5, 5.41) is 3.46. The standard InChI is InChI=1S/C19H23ClN2O3S/c1-15-5-3-4-6-18(15)21-19(23)12-14-22(26(2,24)25)13-11-16-7-9-17(20)10-8-16/h3-10H,11-14H2,1-2H3,(H,21,23). The molecule has 2 rings (SSSR count). The number of aryl methyl sites for hydroxylation is 1. The smallest absolute Gasteiger partial charge is 0.225 e. The van der Waals surface area contributed by atoms with Gasteiger partial charge in [-0.3, -0.25) is 4.79 Å². The number of para-hydroxylation sites is 1. The van der Waals surface area contributed by atoms with Crippen LogP contribution in [-0.2, 0) is 21.2 Å².